The molecule has 2 aromatic carbocycles. The van der Waals surface area contributed by atoms with E-state index in [0.29, 0.717) is 22.7 Å². The number of aromatic nitrogens is 2. The van der Waals surface area contributed by atoms with E-state index in [1.165, 1.54) is 13.0 Å². The third-order valence-corrected chi connectivity index (χ3v) is 5.95. The zero-order valence-electron chi connectivity index (χ0n) is 18.3. The average Bonchev–Trinajstić information content (AvgIpc) is 3.11. The van der Waals surface area contributed by atoms with Gasteiger partial charge in [-0.2, -0.15) is 0 Å². The fourth-order valence-corrected chi connectivity index (χ4v) is 4.21. The molecule has 4 rings (SSSR count). The van der Waals surface area contributed by atoms with E-state index in [4.69, 9.17) is 4.99 Å². The Labute approximate surface area is 182 Å². The first-order valence-electron chi connectivity index (χ1n) is 10.2. The van der Waals surface area contributed by atoms with Gasteiger partial charge in [0.05, 0.1) is 23.1 Å². The van der Waals surface area contributed by atoms with Gasteiger partial charge >= 0.3 is 0 Å². The summed E-state index contributed by atoms with van der Waals surface area (Å²) < 4.78 is 16.7. The summed E-state index contributed by atoms with van der Waals surface area (Å²) >= 11 is 0. The van der Waals surface area contributed by atoms with Crippen LogP contribution in [-0.2, 0) is 0 Å². The molecule has 0 fully saturated rings. The van der Waals surface area contributed by atoms with Crippen LogP contribution in [0, 0.1) is 17.3 Å². The smallest absolute Gasteiger partial charge is 0.180 e. The van der Waals surface area contributed by atoms with Crippen molar-refractivity contribution in [1.29, 1.82) is 0 Å². The minimum absolute atomic E-state index is 0.121. The van der Waals surface area contributed by atoms with Gasteiger partial charge in [-0.3, -0.25) is 14.4 Å². The van der Waals surface area contributed by atoms with Gasteiger partial charge in [0, 0.05) is 23.6 Å². The first kappa shape index (κ1) is 20.9. The molecule has 0 amide bonds. The summed E-state index contributed by atoms with van der Waals surface area (Å²) in [7, 11) is -1.56. The minimum Gasteiger partial charge on any atom is -0.300 e. The van der Waals surface area contributed by atoms with Gasteiger partial charge in [-0.05, 0) is 37.3 Å². The SMILES string of the molecule is CC(=O)c1ncn2c1[C@@H](C)N=C(c1ccccc1F)c1cc(C#C[Si](C)(C)C)ccc1-2. The zero-order chi connectivity index (χ0) is 22.3. The number of benzene rings is 2. The number of carbonyl (C=O) groups excluding carboxylic acids is 1. The lowest BCUT2D eigenvalue weighted by molar-refractivity contribution is 0.101. The number of halogens is 1. The van der Waals surface area contributed by atoms with Crippen molar-refractivity contribution in [3.05, 3.63) is 82.7 Å². The molecular weight excluding hydrogens is 405 g/mol. The maximum absolute atomic E-state index is 14.8. The van der Waals surface area contributed by atoms with Crippen LogP contribution in [0.1, 0.15) is 52.8 Å². The number of carbonyl (C=O) groups is 1. The topological polar surface area (TPSA) is 47.2 Å². The summed E-state index contributed by atoms with van der Waals surface area (Å²) in [5.74, 6) is 2.82. The Balaban J connectivity index is 2.02. The van der Waals surface area contributed by atoms with Crippen LogP contribution in [0.2, 0.25) is 19.6 Å². The second-order valence-corrected chi connectivity index (χ2v) is 13.5. The molecule has 1 aromatic heterocycles. The number of rotatable bonds is 2. The van der Waals surface area contributed by atoms with E-state index in [0.717, 1.165) is 16.8 Å². The summed E-state index contributed by atoms with van der Waals surface area (Å²) in [4.78, 5) is 21.4. The van der Waals surface area contributed by atoms with Crippen LogP contribution in [0.4, 0.5) is 4.39 Å². The number of hydrogen-bond acceptors (Lipinski definition) is 3. The zero-order valence-corrected chi connectivity index (χ0v) is 19.3. The molecular formula is C25H24FN3OSi. The molecule has 0 saturated carbocycles. The number of fused-ring (bicyclic) bond motifs is 3. The van der Waals surface area contributed by atoms with E-state index in [-0.39, 0.29) is 17.6 Å². The lowest BCUT2D eigenvalue weighted by Crippen LogP contribution is -2.16. The highest BCUT2D eigenvalue weighted by Crippen LogP contribution is 2.33. The van der Waals surface area contributed by atoms with Crippen molar-refractivity contribution < 1.29 is 9.18 Å². The van der Waals surface area contributed by atoms with Crippen molar-refractivity contribution in [2.45, 2.75) is 39.5 Å². The number of Topliss-reactive ketones (excluding diaryl/α,β-unsaturated/α-hetero) is 1. The van der Waals surface area contributed by atoms with Gasteiger partial charge in [0.15, 0.2) is 5.78 Å². The molecule has 1 atom stereocenters. The van der Waals surface area contributed by atoms with Gasteiger partial charge in [0.2, 0.25) is 0 Å². The Hall–Kier alpha value is -3.30. The van der Waals surface area contributed by atoms with Crippen molar-refractivity contribution in [3.8, 4) is 17.2 Å². The first-order chi connectivity index (χ1) is 14.7. The third-order valence-electron chi connectivity index (χ3n) is 5.08. The molecule has 156 valence electrons. The molecule has 0 radical (unpaired) electrons. The van der Waals surface area contributed by atoms with Crippen LogP contribution in [0.15, 0.2) is 53.8 Å². The Morgan fingerprint density at radius 1 is 1.13 bits per heavy atom. The maximum atomic E-state index is 14.8. The van der Waals surface area contributed by atoms with E-state index in [1.54, 1.807) is 24.5 Å². The highest BCUT2D eigenvalue weighted by molar-refractivity contribution is 6.83. The summed E-state index contributed by atoms with van der Waals surface area (Å²) in [5, 5.41) is 0. The van der Waals surface area contributed by atoms with Crippen molar-refractivity contribution >= 4 is 19.6 Å². The van der Waals surface area contributed by atoms with E-state index in [2.05, 4.69) is 36.1 Å². The van der Waals surface area contributed by atoms with E-state index < -0.39 is 8.07 Å². The minimum atomic E-state index is -1.56. The molecule has 2 heterocycles. The second kappa shape index (κ2) is 7.75. The predicted molar refractivity (Wildman–Crippen MR) is 124 cm³/mol. The summed E-state index contributed by atoms with van der Waals surface area (Å²) in [5.41, 5.74) is 7.89. The molecule has 0 spiro atoms. The fourth-order valence-electron chi connectivity index (χ4n) is 3.69. The van der Waals surface area contributed by atoms with Gasteiger partial charge in [-0.25, -0.2) is 9.37 Å². The largest absolute Gasteiger partial charge is 0.300 e. The molecule has 0 bridgehead atoms. The van der Waals surface area contributed by atoms with Crippen LogP contribution in [0.3, 0.4) is 0 Å². The van der Waals surface area contributed by atoms with Crippen LogP contribution in [-0.4, -0.2) is 29.1 Å². The number of ketones is 1. The van der Waals surface area contributed by atoms with Crippen molar-refractivity contribution in [2.24, 2.45) is 4.99 Å². The fraction of sp³-hybridized carbons (Fsp3) is 0.240. The van der Waals surface area contributed by atoms with Gasteiger partial charge < -0.3 is 0 Å². The molecule has 0 saturated heterocycles. The average molecular weight is 430 g/mol. The van der Waals surface area contributed by atoms with Crippen molar-refractivity contribution in [1.82, 2.24) is 9.55 Å². The van der Waals surface area contributed by atoms with Crippen LogP contribution in [0.25, 0.3) is 5.69 Å². The van der Waals surface area contributed by atoms with E-state index in [1.807, 2.05) is 29.7 Å². The van der Waals surface area contributed by atoms with Crippen LogP contribution in [0.5, 0.6) is 0 Å². The number of aliphatic imine (C=N–C) groups is 1. The van der Waals surface area contributed by atoms with E-state index in [9.17, 15) is 9.18 Å². The second-order valence-electron chi connectivity index (χ2n) is 8.77. The normalized spacial score (nSPS) is 15.2. The van der Waals surface area contributed by atoms with Crippen LogP contribution < -0.4 is 0 Å². The maximum Gasteiger partial charge on any atom is 0.180 e. The quantitative estimate of drug-likeness (QED) is 0.313. The lowest BCUT2D eigenvalue weighted by Gasteiger charge is -2.13. The van der Waals surface area contributed by atoms with Crippen molar-refractivity contribution in [2.75, 3.05) is 0 Å². The predicted octanol–water partition coefficient (Wildman–Crippen LogP) is 5.35. The standard InChI is InChI=1S/C25H24FN3OSi/c1-16-25-23(17(2)30)27-15-29(25)22-11-10-18(12-13-31(3,4)5)14-20(22)24(28-16)19-8-6-7-9-21(19)26/h6-11,14-16H,1-5H3/t16-/m1/s1. The number of imidazole rings is 1. The molecule has 0 unspecified atom stereocenters. The highest BCUT2D eigenvalue weighted by Gasteiger charge is 2.28. The highest BCUT2D eigenvalue weighted by atomic mass is 28.3. The van der Waals surface area contributed by atoms with Gasteiger partial charge in [0.25, 0.3) is 0 Å². The Morgan fingerprint density at radius 3 is 2.55 bits per heavy atom. The summed E-state index contributed by atoms with van der Waals surface area (Å²) in [6, 6.07) is 12.1. The summed E-state index contributed by atoms with van der Waals surface area (Å²) in [6.07, 6.45) is 1.65. The molecule has 0 aliphatic carbocycles. The van der Waals surface area contributed by atoms with Gasteiger partial charge in [0.1, 0.15) is 25.9 Å². The van der Waals surface area contributed by atoms with Crippen LogP contribution >= 0.6 is 0 Å². The molecule has 1 aliphatic heterocycles. The molecule has 0 N–H and O–H groups in total. The molecule has 6 heteroatoms. The molecule has 1 aliphatic rings. The Bertz CT molecular complexity index is 1290. The first-order valence-corrected chi connectivity index (χ1v) is 13.7. The Kier molecular flexibility index (Phi) is 5.24. The van der Waals surface area contributed by atoms with E-state index >= 15 is 0 Å². The number of hydrogen-bond donors (Lipinski definition) is 0. The van der Waals surface area contributed by atoms with Gasteiger partial charge in [-0.15, -0.1) is 5.54 Å². The van der Waals surface area contributed by atoms with Gasteiger partial charge in [-0.1, -0.05) is 37.7 Å². The van der Waals surface area contributed by atoms with Crippen molar-refractivity contribution in [3.63, 3.8) is 0 Å². The molecule has 31 heavy (non-hydrogen) atoms. The molecule has 3 aromatic rings. The number of nitrogens with zero attached hydrogens (tertiary/aromatic N) is 3. The summed E-state index contributed by atoms with van der Waals surface area (Å²) in [6.45, 7) is 9.98. The monoisotopic (exact) mass is 429 g/mol. The molecule has 4 nitrogen and oxygen atoms in total. The lowest BCUT2D eigenvalue weighted by atomic mass is 9.98. The third kappa shape index (κ3) is 4.01. The Morgan fingerprint density at radius 2 is 1.87 bits per heavy atom.